The second-order valence-corrected chi connectivity index (χ2v) is 4.98. The van der Waals surface area contributed by atoms with Crippen molar-refractivity contribution in [2.45, 2.75) is 19.4 Å². The molecule has 2 aromatic rings. The maximum Gasteiger partial charge on any atom is 0.330 e. The summed E-state index contributed by atoms with van der Waals surface area (Å²) in [5.41, 5.74) is 1.83. The van der Waals surface area contributed by atoms with Crippen LogP contribution in [0.5, 0.6) is 5.75 Å². The Morgan fingerprint density at radius 1 is 1.41 bits per heavy atom. The first-order chi connectivity index (χ1) is 10.6. The van der Waals surface area contributed by atoms with Crippen LogP contribution in [0, 0.1) is 6.92 Å². The van der Waals surface area contributed by atoms with Gasteiger partial charge >= 0.3 is 5.97 Å². The van der Waals surface area contributed by atoms with Gasteiger partial charge in [-0.25, -0.2) is 9.78 Å². The van der Waals surface area contributed by atoms with Crippen molar-refractivity contribution in [2.24, 2.45) is 0 Å². The largest absolute Gasteiger partial charge is 0.493 e. The van der Waals surface area contributed by atoms with E-state index in [0.717, 1.165) is 24.1 Å². The number of oxazole rings is 1. The Bertz CT molecular complexity index is 737. The minimum Gasteiger partial charge on any atom is -0.493 e. The van der Waals surface area contributed by atoms with E-state index in [-0.39, 0.29) is 5.76 Å². The molecule has 0 spiro atoms. The molecule has 2 heterocycles. The SMILES string of the molecule is Cc1ncoc1C(=O)NC(C(=O)O)c1ccc2c(c1)CCO2. The van der Waals surface area contributed by atoms with Crippen molar-refractivity contribution >= 4 is 11.9 Å². The molecule has 1 aromatic carbocycles. The highest BCUT2D eigenvalue weighted by atomic mass is 16.5. The number of aliphatic carboxylic acids is 1. The van der Waals surface area contributed by atoms with Gasteiger partial charge in [0, 0.05) is 6.42 Å². The third-order valence-electron chi connectivity index (χ3n) is 3.52. The van der Waals surface area contributed by atoms with Gasteiger partial charge in [-0.3, -0.25) is 4.79 Å². The van der Waals surface area contributed by atoms with E-state index in [0.29, 0.717) is 17.9 Å². The summed E-state index contributed by atoms with van der Waals surface area (Å²) in [5.74, 6) is -0.996. The average molecular weight is 302 g/mol. The first-order valence-corrected chi connectivity index (χ1v) is 6.75. The number of hydrogen-bond donors (Lipinski definition) is 2. The second kappa shape index (κ2) is 5.51. The molecule has 1 amide bonds. The number of carbonyl (C=O) groups excluding carboxylic acids is 1. The van der Waals surface area contributed by atoms with Gasteiger partial charge in [0.15, 0.2) is 12.4 Å². The summed E-state index contributed by atoms with van der Waals surface area (Å²) in [6.45, 7) is 2.20. The van der Waals surface area contributed by atoms with Crippen LogP contribution in [-0.4, -0.2) is 28.6 Å². The quantitative estimate of drug-likeness (QED) is 0.887. The Morgan fingerprint density at radius 3 is 2.91 bits per heavy atom. The predicted molar refractivity (Wildman–Crippen MR) is 74.7 cm³/mol. The summed E-state index contributed by atoms with van der Waals surface area (Å²) in [6.07, 6.45) is 1.87. The smallest absolute Gasteiger partial charge is 0.330 e. The molecule has 2 N–H and O–H groups in total. The van der Waals surface area contributed by atoms with Crippen LogP contribution in [0.15, 0.2) is 29.0 Å². The fourth-order valence-corrected chi connectivity index (χ4v) is 2.39. The number of aromatic nitrogens is 1. The first-order valence-electron chi connectivity index (χ1n) is 6.75. The predicted octanol–water partition coefficient (Wildman–Crippen LogP) is 1.47. The molecule has 1 aromatic heterocycles. The molecule has 0 saturated heterocycles. The molecule has 3 rings (SSSR count). The van der Waals surface area contributed by atoms with Crippen molar-refractivity contribution in [2.75, 3.05) is 6.61 Å². The number of carboxylic acids is 1. The molecule has 0 aliphatic carbocycles. The lowest BCUT2D eigenvalue weighted by Gasteiger charge is -2.15. The van der Waals surface area contributed by atoms with Crippen molar-refractivity contribution in [3.63, 3.8) is 0 Å². The molecule has 1 unspecified atom stereocenters. The lowest BCUT2D eigenvalue weighted by atomic mass is 10.0. The highest BCUT2D eigenvalue weighted by Gasteiger charge is 2.26. The number of nitrogens with zero attached hydrogens (tertiary/aromatic N) is 1. The van der Waals surface area contributed by atoms with E-state index in [4.69, 9.17) is 9.15 Å². The van der Waals surface area contributed by atoms with Crippen molar-refractivity contribution in [3.8, 4) is 5.75 Å². The van der Waals surface area contributed by atoms with Crippen LogP contribution in [-0.2, 0) is 11.2 Å². The Labute approximate surface area is 125 Å². The highest BCUT2D eigenvalue weighted by molar-refractivity contribution is 5.95. The van der Waals surface area contributed by atoms with Gasteiger partial charge in [-0.2, -0.15) is 0 Å². The Hall–Kier alpha value is -2.83. The minimum absolute atomic E-state index is 0.00995. The van der Waals surface area contributed by atoms with Crippen LogP contribution < -0.4 is 10.1 Å². The third kappa shape index (κ3) is 2.52. The van der Waals surface area contributed by atoms with Gasteiger partial charge in [0.05, 0.1) is 12.3 Å². The fourth-order valence-electron chi connectivity index (χ4n) is 2.39. The van der Waals surface area contributed by atoms with Gasteiger partial charge in [0.2, 0.25) is 5.76 Å². The normalized spacial score (nSPS) is 14.0. The van der Waals surface area contributed by atoms with Crippen LogP contribution in [0.3, 0.4) is 0 Å². The molecule has 7 heteroatoms. The van der Waals surface area contributed by atoms with E-state index in [2.05, 4.69) is 10.3 Å². The van der Waals surface area contributed by atoms with Crippen LogP contribution in [0.1, 0.15) is 33.4 Å². The number of carboxylic acid groups (broad SMARTS) is 1. The van der Waals surface area contributed by atoms with E-state index in [1.165, 1.54) is 0 Å². The van der Waals surface area contributed by atoms with E-state index in [1.807, 2.05) is 0 Å². The Balaban J connectivity index is 1.86. The summed E-state index contributed by atoms with van der Waals surface area (Å²) in [5, 5.41) is 11.9. The minimum atomic E-state index is -1.16. The van der Waals surface area contributed by atoms with Crippen molar-refractivity contribution in [1.29, 1.82) is 0 Å². The number of amides is 1. The van der Waals surface area contributed by atoms with Gasteiger partial charge < -0.3 is 19.6 Å². The topological polar surface area (TPSA) is 102 Å². The molecule has 0 bridgehead atoms. The van der Waals surface area contributed by atoms with Crippen LogP contribution in [0.4, 0.5) is 0 Å². The molecule has 0 saturated carbocycles. The van der Waals surface area contributed by atoms with Gasteiger partial charge in [-0.15, -0.1) is 0 Å². The molecule has 7 nitrogen and oxygen atoms in total. The third-order valence-corrected chi connectivity index (χ3v) is 3.52. The maximum atomic E-state index is 12.1. The number of carbonyl (C=O) groups is 2. The number of hydrogen-bond acceptors (Lipinski definition) is 5. The standard InChI is InChI=1S/C15H14N2O5/c1-8-13(22-7-16-8)14(18)17-12(15(19)20)10-2-3-11-9(6-10)4-5-21-11/h2-3,6-7,12H,4-5H2,1H3,(H,17,18)(H,19,20). The van der Waals surface area contributed by atoms with Crippen molar-refractivity contribution < 1.29 is 23.8 Å². The average Bonchev–Trinajstić information content (AvgIpc) is 3.11. The molecular weight excluding hydrogens is 288 g/mol. The Morgan fingerprint density at radius 2 is 2.23 bits per heavy atom. The van der Waals surface area contributed by atoms with E-state index in [9.17, 15) is 14.7 Å². The Kier molecular flexibility index (Phi) is 3.54. The van der Waals surface area contributed by atoms with Gasteiger partial charge in [-0.1, -0.05) is 6.07 Å². The van der Waals surface area contributed by atoms with Gasteiger partial charge in [-0.05, 0) is 30.2 Å². The molecule has 1 aliphatic heterocycles. The van der Waals surface area contributed by atoms with E-state index >= 15 is 0 Å². The zero-order valence-corrected chi connectivity index (χ0v) is 11.8. The van der Waals surface area contributed by atoms with E-state index in [1.54, 1.807) is 25.1 Å². The zero-order chi connectivity index (χ0) is 15.7. The number of nitrogens with one attached hydrogen (secondary N) is 1. The number of rotatable bonds is 4. The summed E-state index contributed by atoms with van der Waals surface area (Å²) >= 11 is 0. The second-order valence-electron chi connectivity index (χ2n) is 4.98. The lowest BCUT2D eigenvalue weighted by Crippen LogP contribution is -2.34. The number of fused-ring (bicyclic) bond motifs is 1. The summed E-state index contributed by atoms with van der Waals surface area (Å²) < 4.78 is 10.4. The van der Waals surface area contributed by atoms with Crippen molar-refractivity contribution in [1.82, 2.24) is 10.3 Å². The van der Waals surface area contributed by atoms with Crippen LogP contribution in [0.2, 0.25) is 0 Å². The summed E-state index contributed by atoms with van der Waals surface area (Å²) in [4.78, 5) is 27.4. The molecule has 1 atom stereocenters. The van der Waals surface area contributed by atoms with Crippen molar-refractivity contribution in [3.05, 3.63) is 47.2 Å². The first kappa shape index (κ1) is 14.1. The maximum absolute atomic E-state index is 12.1. The molecular formula is C15H14N2O5. The number of aryl methyl sites for hydroxylation is 1. The molecule has 0 fully saturated rings. The van der Waals surface area contributed by atoms with E-state index < -0.39 is 17.9 Å². The zero-order valence-electron chi connectivity index (χ0n) is 11.8. The summed E-state index contributed by atoms with van der Waals surface area (Å²) in [7, 11) is 0. The fraction of sp³-hybridized carbons (Fsp3) is 0.267. The van der Waals surface area contributed by atoms with Gasteiger partial charge in [0.1, 0.15) is 5.75 Å². The molecule has 0 radical (unpaired) electrons. The van der Waals surface area contributed by atoms with Crippen LogP contribution in [0.25, 0.3) is 0 Å². The van der Waals surface area contributed by atoms with Gasteiger partial charge in [0.25, 0.3) is 5.91 Å². The number of benzene rings is 1. The lowest BCUT2D eigenvalue weighted by molar-refractivity contribution is -0.139. The molecule has 22 heavy (non-hydrogen) atoms. The monoisotopic (exact) mass is 302 g/mol. The molecule has 114 valence electrons. The number of ether oxygens (including phenoxy) is 1. The molecule has 1 aliphatic rings. The van der Waals surface area contributed by atoms with Crippen LogP contribution >= 0.6 is 0 Å². The summed E-state index contributed by atoms with van der Waals surface area (Å²) in [6, 6.07) is 3.94. The highest BCUT2D eigenvalue weighted by Crippen LogP contribution is 2.28.